The van der Waals surface area contributed by atoms with Crippen molar-refractivity contribution in [2.45, 2.75) is 32.2 Å². The normalized spacial score (nSPS) is 14.9. The second-order valence-corrected chi connectivity index (χ2v) is 7.81. The van der Waals surface area contributed by atoms with Gasteiger partial charge in [-0.3, -0.25) is 9.78 Å². The van der Waals surface area contributed by atoms with Crippen LogP contribution in [-0.2, 0) is 9.63 Å². The number of nitrogens with one attached hydrogen (secondary N) is 1. The number of carbonyl (C=O) groups is 1. The van der Waals surface area contributed by atoms with Crippen molar-refractivity contribution in [2.24, 2.45) is 0 Å². The molecule has 4 rings (SSSR count). The van der Waals surface area contributed by atoms with E-state index in [1.165, 1.54) is 0 Å². The van der Waals surface area contributed by atoms with Gasteiger partial charge in [0.25, 0.3) is 0 Å². The molecule has 1 saturated heterocycles. The quantitative estimate of drug-likeness (QED) is 0.603. The molecule has 1 aromatic carbocycles. The Bertz CT molecular complexity index is 1020. The van der Waals surface area contributed by atoms with E-state index in [1.54, 1.807) is 24.4 Å². The smallest absolute Gasteiger partial charge is 0.324 e. The molecule has 3 heterocycles. The van der Waals surface area contributed by atoms with Crippen molar-refractivity contribution < 1.29 is 9.63 Å². The Morgan fingerprint density at radius 2 is 1.94 bits per heavy atom. The third-order valence-corrected chi connectivity index (χ3v) is 5.36. The number of hydrogen-bond acceptors (Lipinski definition) is 7. The minimum atomic E-state index is -0.198. The van der Waals surface area contributed by atoms with Gasteiger partial charge in [-0.1, -0.05) is 30.7 Å². The molecule has 7 nitrogen and oxygen atoms in total. The topological polar surface area (TPSA) is 80.2 Å². The molecule has 0 spiro atoms. The maximum Gasteiger partial charge on any atom is 0.324 e. The van der Waals surface area contributed by atoms with Crippen LogP contribution in [0.15, 0.2) is 54.9 Å². The molecule has 0 bridgehead atoms. The molecule has 0 aliphatic carbocycles. The summed E-state index contributed by atoms with van der Waals surface area (Å²) in [6.07, 6.45) is 5.55. The van der Waals surface area contributed by atoms with Crippen LogP contribution in [-0.4, -0.2) is 45.1 Å². The standard InChI is InChI=1S/C23H24ClN5O2/c1-2-22(30)31-29-12-9-19(10-13-29)26-21-14-20(16-5-7-18(24)8-6-16)27-23(28-21)17-4-3-11-25-15-17/h3-8,11,14-15,19H,2,9-10,12-13H2,1H3,(H,26,27,28). The molecule has 0 unspecified atom stereocenters. The molecule has 8 heteroatoms. The van der Waals surface area contributed by atoms with E-state index in [0.717, 1.165) is 35.5 Å². The van der Waals surface area contributed by atoms with Crippen LogP contribution in [0.3, 0.4) is 0 Å². The minimum absolute atomic E-state index is 0.198. The Hall–Kier alpha value is -3.03. The van der Waals surface area contributed by atoms with Crippen LogP contribution < -0.4 is 5.32 Å². The van der Waals surface area contributed by atoms with Crippen LogP contribution in [0.4, 0.5) is 5.82 Å². The molecule has 31 heavy (non-hydrogen) atoms. The van der Waals surface area contributed by atoms with Gasteiger partial charge in [0.15, 0.2) is 5.82 Å². The number of hydrogen-bond donors (Lipinski definition) is 1. The van der Waals surface area contributed by atoms with Crippen molar-refractivity contribution >= 4 is 23.4 Å². The molecule has 1 N–H and O–H groups in total. The summed E-state index contributed by atoms with van der Waals surface area (Å²) < 4.78 is 0. The van der Waals surface area contributed by atoms with Crippen LogP contribution in [0.2, 0.25) is 5.02 Å². The molecular formula is C23H24ClN5O2. The molecule has 2 aromatic heterocycles. The average Bonchev–Trinajstić information content (AvgIpc) is 2.81. The number of benzene rings is 1. The predicted molar refractivity (Wildman–Crippen MR) is 120 cm³/mol. The zero-order chi connectivity index (χ0) is 21.6. The van der Waals surface area contributed by atoms with Crippen molar-refractivity contribution in [3.63, 3.8) is 0 Å². The fourth-order valence-corrected chi connectivity index (χ4v) is 3.55. The van der Waals surface area contributed by atoms with E-state index in [9.17, 15) is 4.79 Å². The fraction of sp³-hybridized carbons (Fsp3) is 0.304. The molecule has 0 saturated carbocycles. The van der Waals surface area contributed by atoms with E-state index in [2.05, 4.69) is 10.3 Å². The largest absolute Gasteiger partial charge is 0.368 e. The highest BCUT2D eigenvalue weighted by molar-refractivity contribution is 6.30. The second-order valence-electron chi connectivity index (χ2n) is 7.38. The maximum absolute atomic E-state index is 11.5. The first-order valence-electron chi connectivity index (χ1n) is 10.4. The van der Waals surface area contributed by atoms with E-state index in [1.807, 2.05) is 42.5 Å². The predicted octanol–water partition coefficient (Wildman–Crippen LogP) is 4.60. The van der Waals surface area contributed by atoms with E-state index in [0.29, 0.717) is 30.4 Å². The Balaban J connectivity index is 1.55. The van der Waals surface area contributed by atoms with Crippen molar-refractivity contribution in [1.82, 2.24) is 20.0 Å². The number of piperidine rings is 1. The lowest BCUT2D eigenvalue weighted by Gasteiger charge is -2.31. The van der Waals surface area contributed by atoms with E-state index in [4.69, 9.17) is 26.4 Å². The van der Waals surface area contributed by atoms with Crippen LogP contribution in [0.25, 0.3) is 22.6 Å². The van der Waals surface area contributed by atoms with Crippen molar-refractivity contribution in [3.8, 4) is 22.6 Å². The third kappa shape index (κ3) is 5.57. The summed E-state index contributed by atoms with van der Waals surface area (Å²) in [5.74, 6) is 1.16. The number of carbonyl (C=O) groups excluding carboxylic acids is 1. The summed E-state index contributed by atoms with van der Waals surface area (Å²) in [5.41, 5.74) is 2.62. The first-order valence-corrected chi connectivity index (χ1v) is 10.8. The fourth-order valence-electron chi connectivity index (χ4n) is 3.42. The van der Waals surface area contributed by atoms with Gasteiger partial charge in [-0.2, -0.15) is 0 Å². The van der Waals surface area contributed by atoms with Crippen LogP contribution in [0, 0.1) is 0 Å². The Kier molecular flexibility index (Phi) is 6.74. The molecule has 160 valence electrons. The highest BCUT2D eigenvalue weighted by Crippen LogP contribution is 2.26. The van der Waals surface area contributed by atoms with Gasteiger partial charge in [-0.15, -0.1) is 5.06 Å². The second kappa shape index (κ2) is 9.85. The molecule has 1 fully saturated rings. The van der Waals surface area contributed by atoms with Gasteiger partial charge in [0, 0.05) is 60.2 Å². The highest BCUT2D eigenvalue weighted by Gasteiger charge is 2.22. The third-order valence-electron chi connectivity index (χ3n) is 5.11. The molecule has 3 aromatic rings. The molecule has 0 amide bonds. The monoisotopic (exact) mass is 437 g/mol. The van der Waals surface area contributed by atoms with Crippen molar-refractivity contribution in [3.05, 3.63) is 59.9 Å². The van der Waals surface area contributed by atoms with E-state index in [-0.39, 0.29) is 12.0 Å². The number of rotatable bonds is 6. The summed E-state index contributed by atoms with van der Waals surface area (Å²) >= 11 is 6.05. The minimum Gasteiger partial charge on any atom is -0.368 e. The number of nitrogens with zero attached hydrogens (tertiary/aromatic N) is 4. The number of aromatic nitrogens is 3. The van der Waals surface area contributed by atoms with Crippen molar-refractivity contribution in [2.75, 3.05) is 18.4 Å². The maximum atomic E-state index is 11.5. The lowest BCUT2D eigenvalue weighted by molar-refractivity contribution is -0.194. The van der Waals surface area contributed by atoms with Gasteiger partial charge in [-0.25, -0.2) is 9.97 Å². The SMILES string of the molecule is CCC(=O)ON1CCC(Nc2cc(-c3ccc(Cl)cc3)nc(-c3cccnc3)n2)CC1. The van der Waals surface area contributed by atoms with Gasteiger partial charge in [0.05, 0.1) is 5.69 Å². The number of anilines is 1. The zero-order valence-corrected chi connectivity index (χ0v) is 18.0. The molecule has 0 atom stereocenters. The summed E-state index contributed by atoms with van der Waals surface area (Å²) in [5, 5.41) is 5.96. The van der Waals surface area contributed by atoms with E-state index < -0.39 is 0 Å². The van der Waals surface area contributed by atoms with Crippen LogP contribution >= 0.6 is 11.6 Å². The Morgan fingerprint density at radius 3 is 2.61 bits per heavy atom. The highest BCUT2D eigenvalue weighted by atomic mass is 35.5. The zero-order valence-electron chi connectivity index (χ0n) is 17.3. The molecule has 0 radical (unpaired) electrons. The van der Waals surface area contributed by atoms with Gasteiger partial charge in [0.2, 0.25) is 0 Å². The summed E-state index contributed by atoms with van der Waals surface area (Å²) in [6, 6.07) is 13.6. The van der Waals surface area contributed by atoms with Gasteiger partial charge >= 0.3 is 5.97 Å². The Labute approximate surface area is 186 Å². The summed E-state index contributed by atoms with van der Waals surface area (Å²) in [6.45, 7) is 3.17. The van der Waals surface area contributed by atoms with Crippen LogP contribution in [0.1, 0.15) is 26.2 Å². The first kappa shape index (κ1) is 21.2. The summed E-state index contributed by atoms with van der Waals surface area (Å²) in [4.78, 5) is 30.5. The number of halogens is 1. The lowest BCUT2D eigenvalue weighted by Crippen LogP contribution is -2.40. The van der Waals surface area contributed by atoms with Gasteiger partial charge in [-0.05, 0) is 37.1 Å². The van der Waals surface area contributed by atoms with E-state index >= 15 is 0 Å². The summed E-state index contributed by atoms with van der Waals surface area (Å²) in [7, 11) is 0. The number of pyridine rings is 1. The molecule has 1 aliphatic heterocycles. The van der Waals surface area contributed by atoms with Crippen LogP contribution in [0.5, 0.6) is 0 Å². The number of hydroxylamine groups is 2. The van der Waals surface area contributed by atoms with Crippen molar-refractivity contribution in [1.29, 1.82) is 0 Å². The Morgan fingerprint density at radius 1 is 1.16 bits per heavy atom. The van der Waals surface area contributed by atoms with Gasteiger partial charge < -0.3 is 10.2 Å². The molecular weight excluding hydrogens is 414 g/mol. The lowest BCUT2D eigenvalue weighted by atomic mass is 10.1. The first-order chi connectivity index (χ1) is 15.1. The van der Waals surface area contributed by atoms with Gasteiger partial charge in [0.1, 0.15) is 5.82 Å². The average molecular weight is 438 g/mol. The molecule has 1 aliphatic rings.